The number of rotatable bonds is 4. The first kappa shape index (κ1) is 16.6. The second-order valence-corrected chi connectivity index (χ2v) is 8.20. The second kappa shape index (κ2) is 6.35. The number of nitrogens with one attached hydrogen (secondary N) is 2. The molecular formula is C16H18FN3O3S. The summed E-state index contributed by atoms with van der Waals surface area (Å²) in [4.78, 5) is 19.3. The lowest BCUT2D eigenvalue weighted by atomic mass is 9.94. The summed E-state index contributed by atoms with van der Waals surface area (Å²) in [6.07, 6.45) is 0.499. The number of benzene rings is 1. The molecule has 2 aromatic rings. The van der Waals surface area contributed by atoms with Crippen molar-refractivity contribution in [1.29, 1.82) is 0 Å². The van der Waals surface area contributed by atoms with Crippen LogP contribution in [0.1, 0.15) is 40.4 Å². The van der Waals surface area contributed by atoms with E-state index in [9.17, 15) is 17.6 Å². The number of carbonyl (C=O) groups is 1. The topological polar surface area (TPSA) is 91.9 Å². The summed E-state index contributed by atoms with van der Waals surface area (Å²) < 4.78 is 36.6. The Morgan fingerprint density at radius 3 is 2.67 bits per heavy atom. The Morgan fingerprint density at radius 2 is 2.00 bits per heavy atom. The van der Waals surface area contributed by atoms with E-state index in [2.05, 4.69) is 15.3 Å². The Bertz CT molecular complexity index is 859. The fourth-order valence-corrected chi connectivity index (χ4v) is 3.52. The number of amides is 1. The van der Waals surface area contributed by atoms with Gasteiger partial charge in [-0.05, 0) is 24.1 Å². The van der Waals surface area contributed by atoms with Crippen LogP contribution in [0.4, 0.5) is 4.39 Å². The number of aromatic nitrogens is 2. The van der Waals surface area contributed by atoms with E-state index in [0.29, 0.717) is 18.7 Å². The van der Waals surface area contributed by atoms with Gasteiger partial charge in [0, 0.05) is 23.9 Å². The second-order valence-electron chi connectivity index (χ2n) is 5.85. The van der Waals surface area contributed by atoms with Crippen molar-refractivity contribution in [1.82, 2.24) is 15.3 Å². The van der Waals surface area contributed by atoms with Gasteiger partial charge >= 0.3 is 0 Å². The molecule has 1 aromatic heterocycles. The lowest BCUT2D eigenvalue weighted by molar-refractivity contribution is 0.0950. The van der Waals surface area contributed by atoms with Gasteiger partial charge in [0.25, 0.3) is 5.91 Å². The predicted octanol–water partition coefficient (Wildman–Crippen LogP) is 1.55. The molecule has 1 aliphatic heterocycles. The number of aromatic amines is 1. The van der Waals surface area contributed by atoms with E-state index < -0.39 is 9.84 Å². The summed E-state index contributed by atoms with van der Waals surface area (Å²) in [7, 11) is -3.24. The molecule has 0 fully saturated rings. The quantitative estimate of drug-likeness (QED) is 0.874. The van der Waals surface area contributed by atoms with Crippen LogP contribution < -0.4 is 5.32 Å². The average Bonchev–Trinajstić information content (AvgIpc) is 2.87. The number of H-pyrrole nitrogens is 1. The van der Waals surface area contributed by atoms with E-state index >= 15 is 0 Å². The maximum Gasteiger partial charge on any atom is 0.271 e. The molecule has 2 heterocycles. The first-order valence-corrected chi connectivity index (χ1v) is 9.52. The number of fused-ring (bicyclic) bond motifs is 1. The number of carbonyl (C=O) groups excluding carboxylic acids is 1. The van der Waals surface area contributed by atoms with Crippen LogP contribution in [-0.2, 0) is 22.0 Å². The SMILES string of the molecule is CCS(=O)(=O)Cc1nc2c([nH]1)C[C@@H](c1ccc(F)cc1)CNC2=O. The van der Waals surface area contributed by atoms with Crippen molar-refractivity contribution in [3.8, 4) is 0 Å². The van der Waals surface area contributed by atoms with Gasteiger partial charge in [-0.15, -0.1) is 0 Å². The van der Waals surface area contributed by atoms with E-state index in [1.807, 2.05) is 0 Å². The van der Waals surface area contributed by atoms with Crippen LogP contribution >= 0.6 is 0 Å². The highest BCUT2D eigenvalue weighted by atomic mass is 32.2. The molecule has 1 atom stereocenters. The van der Waals surface area contributed by atoms with Crippen molar-refractivity contribution in [2.45, 2.75) is 25.0 Å². The van der Waals surface area contributed by atoms with E-state index in [0.717, 1.165) is 5.56 Å². The van der Waals surface area contributed by atoms with Crippen LogP contribution in [0.2, 0.25) is 0 Å². The highest BCUT2D eigenvalue weighted by molar-refractivity contribution is 7.90. The van der Waals surface area contributed by atoms with Crippen LogP contribution in [0.15, 0.2) is 24.3 Å². The number of hydrogen-bond donors (Lipinski definition) is 2. The first-order chi connectivity index (χ1) is 11.4. The Balaban J connectivity index is 1.89. The Hall–Kier alpha value is -2.22. The number of halogens is 1. The van der Waals surface area contributed by atoms with Gasteiger partial charge in [0.2, 0.25) is 0 Å². The zero-order valence-electron chi connectivity index (χ0n) is 13.2. The molecule has 6 nitrogen and oxygen atoms in total. The molecule has 0 saturated carbocycles. The number of hydrogen-bond acceptors (Lipinski definition) is 4. The minimum absolute atomic E-state index is 0.0166. The third-order valence-electron chi connectivity index (χ3n) is 4.14. The summed E-state index contributed by atoms with van der Waals surface area (Å²) >= 11 is 0. The molecule has 0 unspecified atom stereocenters. The lowest BCUT2D eigenvalue weighted by Crippen LogP contribution is -2.26. The maximum atomic E-state index is 13.1. The molecule has 1 aliphatic rings. The van der Waals surface area contributed by atoms with Crippen molar-refractivity contribution in [2.24, 2.45) is 0 Å². The Morgan fingerprint density at radius 1 is 1.29 bits per heavy atom. The van der Waals surface area contributed by atoms with Gasteiger partial charge in [-0.2, -0.15) is 0 Å². The van der Waals surface area contributed by atoms with E-state index in [-0.39, 0.29) is 40.7 Å². The van der Waals surface area contributed by atoms with Crippen molar-refractivity contribution in [2.75, 3.05) is 12.3 Å². The molecule has 1 aromatic carbocycles. The van der Waals surface area contributed by atoms with Gasteiger partial charge in [0.15, 0.2) is 9.84 Å². The maximum absolute atomic E-state index is 13.1. The molecule has 24 heavy (non-hydrogen) atoms. The highest BCUT2D eigenvalue weighted by Gasteiger charge is 2.27. The Labute approximate surface area is 139 Å². The van der Waals surface area contributed by atoms with Crippen LogP contribution in [0.3, 0.4) is 0 Å². The van der Waals surface area contributed by atoms with Gasteiger partial charge < -0.3 is 10.3 Å². The summed E-state index contributed by atoms with van der Waals surface area (Å²) in [6.45, 7) is 1.98. The summed E-state index contributed by atoms with van der Waals surface area (Å²) in [5, 5.41) is 2.79. The number of sulfone groups is 1. The monoisotopic (exact) mass is 351 g/mol. The Kier molecular flexibility index (Phi) is 4.40. The first-order valence-electron chi connectivity index (χ1n) is 7.70. The van der Waals surface area contributed by atoms with Gasteiger partial charge in [-0.25, -0.2) is 17.8 Å². The van der Waals surface area contributed by atoms with E-state index in [1.165, 1.54) is 12.1 Å². The standard InChI is InChI=1S/C16H18FN3O3S/c1-2-24(22,23)9-14-19-13-7-11(8-18-16(21)15(13)20-14)10-3-5-12(17)6-4-10/h3-6,11H,2,7-9H2,1H3,(H,18,21)(H,19,20)/t11-/m1/s1. The molecule has 2 N–H and O–H groups in total. The minimum Gasteiger partial charge on any atom is -0.350 e. The van der Waals surface area contributed by atoms with Crippen molar-refractivity contribution < 1.29 is 17.6 Å². The molecule has 8 heteroatoms. The third kappa shape index (κ3) is 3.48. The van der Waals surface area contributed by atoms with Crippen LogP contribution in [0, 0.1) is 5.82 Å². The largest absolute Gasteiger partial charge is 0.350 e. The van der Waals surface area contributed by atoms with Crippen LogP contribution in [-0.4, -0.2) is 36.6 Å². The van der Waals surface area contributed by atoms with Crippen molar-refractivity contribution in [3.63, 3.8) is 0 Å². The van der Waals surface area contributed by atoms with Crippen molar-refractivity contribution in [3.05, 3.63) is 52.9 Å². The molecule has 3 rings (SSSR count). The third-order valence-corrected chi connectivity index (χ3v) is 5.73. The molecule has 0 aliphatic carbocycles. The zero-order valence-corrected chi connectivity index (χ0v) is 14.0. The van der Waals surface area contributed by atoms with Crippen LogP contribution in [0.25, 0.3) is 0 Å². The molecule has 0 bridgehead atoms. The smallest absolute Gasteiger partial charge is 0.271 e. The van der Waals surface area contributed by atoms with E-state index in [4.69, 9.17) is 0 Å². The predicted molar refractivity (Wildman–Crippen MR) is 86.9 cm³/mol. The summed E-state index contributed by atoms with van der Waals surface area (Å²) in [6, 6.07) is 6.15. The number of imidazole rings is 1. The zero-order chi connectivity index (χ0) is 17.3. The molecule has 1 amide bonds. The molecule has 0 saturated heterocycles. The van der Waals surface area contributed by atoms with Gasteiger partial charge in [0.05, 0.1) is 0 Å². The fourth-order valence-electron chi connectivity index (χ4n) is 2.77. The minimum atomic E-state index is -3.24. The fraction of sp³-hybridized carbons (Fsp3) is 0.375. The normalized spacial score (nSPS) is 17.9. The number of nitrogens with zero attached hydrogens (tertiary/aromatic N) is 1. The molecule has 0 radical (unpaired) electrons. The molecule has 0 spiro atoms. The average molecular weight is 351 g/mol. The van der Waals surface area contributed by atoms with Gasteiger partial charge in [-0.1, -0.05) is 19.1 Å². The van der Waals surface area contributed by atoms with Gasteiger partial charge in [-0.3, -0.25) is 4.79 Å². The van der Waals surface area contributed by atoms with Crippen LogP contribution in [0.5, 0.6) is 0 Å². The molecule has 128 valence electrons. The summed E-state index contributed by atoms with van der Waals surface area (Å²) in [5.74, 6) is -0.603. The van der Waals surface area contributed by atoms with E-state index in [1.54, 1.807) is 19.1 Å². The lowest BCUT2D eigenvalue weighted by Gasteiger charge is -2.14. The summed E-state index contributed by atoms with van der Waals surface area (Å²) in [5.41, 5.74) is 1.75. The van der Waals surface area contributed by atoms with Gasteiger partial charge in [0.1, 0.15) is 23.1 Å². The molecular weight excluding hydrogens is 333 g/mol. The highest BCUT2D eigenvalue weighted by Crippen LogP contribution is 2.25. The van der Waals surface area contributed by atoms with Crippen molar-refractivity contribution >= 4 is 15.7 Å².